The molecule has 0 aromatic carbocycles. The molecule has 4 heteroatoms. The van der Waals surface area contributed by atoms with E-state index in [4.69, 9.17) is 5.73 Å². The summed E-state index contributed by atoms with van der Waals surface area (Å²) in [4.78, 5) is 4.12. The zero-order valence-electron chi connectivity index (χ0n) is 6.44. The van der Waals surface area contributed by atoms with Crippen LogP contribution >= 0.6 is 0 Å². The van der Waals surface area contributed by atoms with Crippen LogP contribution < -0.4 is 5.73 Å². The van der Waals surface area contributed by atoms with Crippen LogP contribution in [-0.4, -0.2) is 14.6 Å². The highest BCUT2D eigenvalue weighted by atomic mass is 15.2. The molecule has 0 aliphatic carbocycles. The minimum Gasteiger partial charge on any atom is -0.399 e. The van der Waals surface area contributed by atoms with Crippen molar-refractivity contribution in [3.8, 4) is 0 Å². The van der Waals surface area contributed by atoms with Gasteiger partial charge in [0.15, 0.2) is 5.65 Å². The van der Waals surface area contributed by atoms with Gasteiger partial charge >= 0.3 is 0 Å². The van der Waals surface area contributed by atoms with Crippen LogP contribution in [0, 0.1) is 0 Å². The van der Waals surface area contributed by atoms with E-state index in [1.54, 1.807) is 16.9 Å². The van der Waals surface area contributed by atoms with Gasteiger partial charge in [-0.25, -0.2) is 9.50 Å². The predicted octanol–water partition coefficient (Wildman–Crippen LogP) is 0.659. The molecule has 0 fully saturated rings. The summed E-state index contributed by atoms with van der Waals surface area (Å²) in [5.41, 5.74) is 7.55. The van der Waals surface area contributed by atoms with Gasteiger partial charge in [-0.2, -0.15) is 5.10 Å². The fraction of sp³-hybridized carbons (Fsp3) is 0. The first-order chi connectivity index (χ1) is 5.79. The Labute approximate surface area is 69.3 Å². The third kappa shape index (κ3) is 0.852. The summed E-state index contributed by atoms with van der Waals surface area (Å²) >= 11 is 0. The Balaban J connectivity index is 2.79. The van der Waals surface area contributed by atoms with Crippen molar-refractivity contribution in [1.29, 1.82) is 0 Å². The second-order valence-corrected chi connectivity index (χ2v) is 2.47. The highest BCUT2D eigenvalue weighted by Gasteiger charge is 2.03. The van der Waals surface area contributed by atoms with E-state index in [2.05, 4.69) is 16.7 Å². The van der Waals surface area contributed by atoms with Crippen molar-refractivity contribution >= 4 is 11.3 Å². The van der Waals surface area contributed by atoms with Crippen LogP contribution in [0.1, 0.15) is 5.56 Å². The zero-order chi connectivity index (χ0) is 8.55. The van der Waals surface area contributed by atoms with Crippen molar-refractivity contribution in [2.45, 2.75) is 0 Å². The van der Waals surface area contributed by atoms with Crippen LogP contribution in [0.25, 0.3) is 11.3 Å². The highest BCUT2D eigenvalue weighted by Crippen LogP contribution is 2.11. The molecule has 60 valence electrons. The topological polar surface area (TPSA) is 56.2 Å². The zero-order valence-corrected chi connectivity index (χ0v) is 6.44. The van der Waals surface area contributed by atoms with Gasteiger partial charge in [-0.05, 0) is 6.07 Å². The molecule has 2 rings (SSSR count). The molecule has 2 N–H and O–H groups in total. The SMILES string of the molecule is C=C(N)c1cnn2cccnc12. The third-order valence-electron chi connectivity index (χ3n) is 1.63. The summed E-state index contributed by atoms with van der Waals surface area (Å²) in [7, 11) is 0. The van der Waals surface area contributed by atoms with Crippen molar-refractivity contribution in [3.05, 3.63) is 36.8 Å². The Bertz CT molecular complexity index is 429. The summed E-state index contributed by atoms with van der Waals surface area (Å²) in [5.74, 6) is 0. The molecule has 12 heavy (non-hydrogen) atoms. The molecule has 2 aromatic rings. The minimum atomic E-state index is 0.490. The van der Waals surface area contributed by atoms with Crippen LogP contribution in [0.4, 0.5) is 0 Å². The van der Waals surface area contributed by atoms with Crippen molar-refractivity contribution in [2.75, 3.05) is 0 Å². The van der Waals surface area contributed by atoms with E-state index in [1.807, 2.05) is 12.3 Å². The molecule has 0 bridgehead atoms. The maximum Gasteiger partial charge on any atom is 0.164 e. The normalized spacial score (nSPS) is 10.3. The van der Waals surface area contributed by atoms with Gasteiger partial charge in [0.05, 0.1) is 11.8 Å². The molecule has 2 heterocycles. The molecular formula is C8H8N4. The fourth-order valence-electron chi connectivity index (χ4n) is 1.05. The largest absolute Gasteiger partial charge is 0.399 e. The van der Waals surface area contributed by atoms with E-state index in [1.165, 1.54) is 0 Å². The number of fused-ring (bicyclic) bond motifs is 1. The van der Waals surface area contributed by atoms with Gasteiger partial charge in [-0.15, -0.1) is 0 Å². The van der Waals surface area contributed by atoms with Crippen molar-refractivity contribution in [1.82, 2.24) is 14.6 Å². The molecule has 0 spiro atoms. The van der Waals surface area contributed by atoms with Crippen molar-refractivity contribution in [2.24, 2.45) is 5.73 Å². The predicted molar refractivity (Wildman–Crippen MR) is 46.2 cm³/mol. The maximum absolute atomic E-state index is 5.54. The molecule has 0 saturated carbocycles. The second kappa shape index (κ2) is 2.34. The Hall–Kier alpha value is -1.84. The number of hydrogen-bond donors (Lipinski definition) is 1. The summed E-state index contributed by atoms with van der Waals surface area (Å²) in [5, 5.41) is 4.05. The lowest BCUT2D eigenvalue weighted by molar-refractivity contribution is 0.939. The van der Waals surface area contributed by atoms with Crippen LogP contribution in [-0.2, 0) is 0 Å². The molecule has 0 unspecified atom stereocenters. The lowest BCUT2D eigenvalue weighted by Gasteiger charge is -1.94. The Morgan fingerprint density at radius 3 is 3.17 bits per heavy atom. The fourth-order valence-corrected chi connectivity index (χ4v) is 1.05. The van der Waals surface area contributed by atoms with E-state index in [-0.39, 0.29) is 0 Å². The summed E-state index contributed by atoms with van der Waals surface area (Å²) in [6.45, 7) is 3.63. The van der Waals surface area contributed by atoms with Crippen LogP contribution in [0.5, 0.6) is 0 Å². The summed E-state index contributed by atoms with van der Waals surface area (Å²) < 4.78 is 1.66. The maximum atomic E-state index is 5.54. The monoisotopic (exact) mass is 160 g/mol. The second-order valence-electron chi connectivity index (χ2n) is 2.47. The van der Waals surface area contributed by atoms with Gasteiger partial charge in [-0.3, -0.25) is 0 Å². The lowest BCUT2D eigenvalue weighted by atomic mass is 10.3. The summed E-state index contributed by atoms with van der Waals surface area (Å²) in [6, 6.07) is 1.81. The number of hydrogen-bond acceptors (Lipinski definition) is 3. The van der Waals surface area contributed by atoms with E-state index >= 15 is 0 Å². The van der Waals surface area contributed by atoms with E-state index in [0.29, 0.717) is 5.70 Å². The average molecular weight is 160 g/mol. The quantitative estimate of drug-likeness (QED) is 0.666. The van der Waals surface area contributed by atoms with Crippen molar-refractivity contribution in [3.63, 3.8) is 0 Å². The van der Waals surface area contributed by atoms with Crippen molar-refractivity contribution < 1.29 is 0 Å². The summed E-state index contributed by atoms with van der Waals surface area (Å²) in [6.07, 6.45) is 5.17. The van der Waals surface area contributed by atoms with E-state index < -0.39 is 0 Å². The van der Waals surface area contributed by atoms with Gasteiger partial charge in [0.2, 0.25) is 0 Å². The molecule has 0 atom stereocenters. The minimum absolute atomic E-state index is 0.490. The lowest BCUT2D eigenvalue weighted by Crippen LogP contribution is -1.94. The molecule has 2 aromatic heterocycles. The molecule has 0 amide bonds. The smallest absolute Gasteiger partial charge is 0.164 e. The third-order valence-corrected chi connectivity index (χ3v) is 1.63. The Morgan fingerprint density at radius 1 is 1.58 bits per heavy atom. The standard InChI is InChI=1S/C8H8N4/c1-6(9)7-5-11-12-4-2-3-10-8(7)12/h2-5H,1,9H2. The van der Waals surface area contributed by atoms with Crippen LogP contribution in [0.2, 0.25) is 0 Å². The number of rotatable bonds is 1. The average Bonchev–Trinajstić information content (AvgIpc) is 2.47. The Morgan fingerprint density at radius 2 is 2.42 bits per heavy atom. The first-order valence-electron chi connectivity index (χ1n) is 3.52. The first-order valence-corrected chi connectivity index (χ1v) is 3.52. The number of nitrogens with two attached hydrogens (primary N) is 1. The van der Waals surface area contributed by atoms with Gasteiger partial charge in [0.1, 0.15) is 0 Å². The molecule has 0 aliphatic rings. The number of aromatic nitrogens is 3. The highest BCUT2D eigenvalue weighted by molar-refractivity contribution is 5.71. The molecule has 4 nitrogen and oxygen atoms in total. The van der Waals surface area contributed by atoms with Crippen LogP contribution in [0.15, 0.2) is 31.2 Å². The molecule has 0 saturated heterocycles. The van der Waals surface area contributed by atoms with E-state index in [9.17, 15) is 0 Å². The Kier molecular flexibility index (Phi) is 1.33. The number of nitrogens with zero attached hydrogens (tertiary/aromatic N) is 3. The van der Waals surface area contributed by atoms with Gasteiger partial charge in [-0.1, -0.05) is 6.58 Å². The van der Waals surface area contributed by atoms with Gasteiger partial charge in [0.25, 0.3) is 0 Å². The molecular weight excluding hydrogens is 152 g/mol. The van der Waals surface area contributed by atoms with E-state index in [0.717, 1.165) is 11.2 Å². The molecule has 0 radical (unpaired) electrons. The van der Waals surface area contributed by atoms with Crippen LogP contribution in [0.3, 0.4) is 0 Å². The molecule has 0 aliphatic heterocycles. The first kappa shape index (κ1) is 6.84. The van der Waals surface area contributed by atoms with Gasteiger partial charge < -0.3 is 5.73 Å². The van der Waals surface area contributed by atoms with Gasteiger partial charge in [0, 0.05) is 18.1 Å².